The first-order chi connectivity index (χ1) is 9.04. The molecule has 0 aliphatic heterocycles. The van der Waals surface area contributed by atoms with E-state index in [0.29, 0.717) is 6.04 Å². The van der Waals surface area contributed by atoms with Gasteiger partial charge in [0.25, 0.3) is 0 Å². The molecule has 2 rings (SSSR count). The average Bonchev–Trinajstić information content (AvgIpc) is 2.84. The van der Waals surface area contributed by atoms with Gasteiger partial charge in [0, 0.05) is 20.3 Å². The molecule has 0 fully saturated rings. The van der Waals surface area contributed by atoms with Gasteiger partial charge in [0.1, 0.15) is 0 Å². The van der Waals surface area contributed by atoms with Crippen LogP contribution in [0.4, 0.5) is 0 Å². The molecule has 0 spiro atoms. The van der Waals surface area contributed by atoms with Gasteiger partial charge in [-0.15, -0.1) is 0 Å². The van der Waals surface area contributed by atoms with E-state index in [1.807, 2.05) is 23.0 Å². The van der Waals surface area contributed by atoms with Crippen LogP contribution in [-0.4, -0.2) is 9.78 Å². The molecule has 0 amide bonds. The van der Waals surface area contributed by atoms with Crippen molar-refractivity contribution in [2.75, 3.05) is 0 Å². The summed E-state index contributed by atoms with van der Waals surface area (Å²) >= 11 is 5.83. The number of nitrogens with two attached hydrogens (primary N) is 1. The van der Waals surface area contributed by atoms with Gasteiger partial charge in [-0.1, -0.05) is 15.9 Å². The zero-order valence-electron chi connectivity index (χ0n) is 10.8. The highest BCUT2D eigenvalue weighted by Gasteiger charge is 2.20. The SMILES string of the molecule is CC(C)n1nccc1C(NN)c1cc(Br)ccc1I. The first kappa shape index (κ1) is 15.0. The number of nitrogens with zero attached hydrogens (tertiary/aromatic N) is 2. The van der Waals surface area contributed by atoms with E-state index in [4.69, 9.17) is 5.84 Å². The summed E-state index contributed by atoms with van der Waals surface area (Å²) in [5.74, 6) is 5.77. The van der Waals surface area contributed by atoms with Crippen LogP contribution in [0.1, 0.15) is 37.2 Å². The molecule has 1 heterocycles. The molecule has 0 saturated carbocycles. The van der Waals surface area contributed by atoms with Gasteiger partial charge in [-0.05, 0) is 66.3 Å². The van der Waals surface area contributed by atoms with Gasteiger partial charge >= 0.3 is 0 Å². The third-order valence-electron chi connectivity index (χ3n) is 2.92. The Kier molecular flexibility index (Phi) is 4.99. The summed E-state index contributed by atoms with van der Waals surface area (Å²) < 4.78 is 4.20. The van der Waals surface area contributed by atoms with Gasteiger partial charge in [0.15, 0.2) is 0 Å². The zero-order valence-corrected chi connectivity index (χ0v) is 14.5. The third kappa shape index (κ3) is 3.18. The molecular formula is C13H16BrIN4. The van der Waals surface area contributed by atoms with E-state index < -0.39 is 0 Å². The Hall–Kier alpha value is -0.440. The molecule has 0 aliphatic carbocycles. The summed E-state index contributed by atoms with van der Waals surface area (Å²) in [6, 6.07) is 8.41. The van der Waals surface area contributed by atoms with Crippen LogP contribution in [0.2, 0.25) is 0 Å². The fourth-order valence-corrected chi connectivity index (χ4v) is 3.08. The first-order valence-electron chi connectivity index (χ1n) is 5.99. The summed E-state index contributed by atoms with van der Waals surface area (Å²) in [4.78, 5) is 0. The molecule has 0 saturated heterocycles. The summed E-state index contributed by atoms with van der Waals surface area (Å²) in [6.07, 6.45) is 1.81. The lowest BCUT2D eigenvalue weighted by atomic mass is 10.0. The quantitative estimate of drug-likeness (QED) is 0.440. The van der Waals surface area contributed by atoms with Crippen LogP contribution in [0.15, 0.2) is 34.9 Å². The van der Waals surface area contributed by atoms with Gasteiger partial charge in [0.2, 0.25) is 0 Å². The largest absolute Gasteiger partial charge is 0.271 e. The maximum absolute atomic E-state index is 5.77. The smallest absolute Gasteiger partial charge is 0.0889 e. The fourth-order valence-electron chi connectivity index (χ4n) is 2.05. The van der Waals surface area contributed by atoms with Crippen molar-refractivity contribution >= 4 is 38.5 Å². The molecule has 1 aromatic carbocycles. The Morgan fingerprint density at radius 3 is 2.74 bits per heavy atom. The number of hydrogen-bond donors (Lipinski definition) is 2. The highest BCUT2D eigenvalue weighted by Crippen LogP contribution is 2.29. The zero-order chi connectivity index (χ0) is 14.0. The number of halogens is 2. The predicted molar refractivity (Wildman–Crippen MR) is 88.6 cm³/mol. The molecule has 4 nitrogen and oxygen atoms in total. The Morgan fingerprint density at radius 1 is 1.37 bits per heavy atom. The van der Waals surface area contributed by atoms with Crippen LogP contribution in [0.25, 0.3) is 0 Å². The number of rotatable bonds is 4. The number of aromatic nitrogens is 2. The molecule has 0 aliphatic rings. The highest BCUT2D eigenvalue weighted by molar-refractivity contribution is 14.1. The lowest BCUT2D eigenvalue weighted by Crippen LogP contribution is -2.31. The molecule has 6 heteroatoms. The molecule has 1 aromatic heterocycles. The van der Waals surface area contributed by atoms with Gasteiger partial charge in [-0.2, -0.15) is 5.10 Å². The van der Waals surface area contributed by atoms with E-state index in [-0.39, 0.29) is 6.04 Å². The number of benzene rings is 1. The van der Waals surface area contributed by atoms with Crippen molar-refractivity contribution in [1.29, 1.82) is 0 Å². The van der Waals surface area contributed by atoms with Crippen molar-refractivity contribution in [3.63, 3.8) is 0 Å². The van der Waals surface area contributed by atoms with Gasteiger partial charge in [-0.3, -0.25) is 10.5 Å². The van der Waals surface area contributed by atoms with Crippen LogP contribution < -0.4 is 11.3 Å². The van der Waals surface area contributed by atoms with E-state index in [0.717, 1.165) is 15.7 Å². The lowest BCUT2D eigenvalue weighted by Gasteiger charge is -2.21. The van der Waals surface area contributed by atoms with Crippen molar-refractivity contribution in [3.8, 4) is 0 Å². The summed E-state index contributed by atoms with van der Waals surface area (Å²) in [7, 11) is 0. The normalized spacial score (nSPS) is 12.9. The minimum Gasteiger partial charge on any atom is -0.271 e. The Morgan fingerprint density at radius 2 is 2.11 bits per heavy atom. The van der Waals surface area contributed by atoms with Crippen LogP contribution in [0.3, 0.4) is 0 Å². The van der Waals surface area contributed by atoms with Crippen molar-refractivity contribution < 1.29 is 0 Å². The molecule has 1 unspecified atom stereocenters. The molecule has 102 valence electrons. The van der Waals surface area contributed by atoms with Gasteiger partial charge < -0.3 is 0 Å². The minimum absolute atomic E-state index is 0.0747. The number of hydrazine groups is 1. The predicted octanol–water partition coefficient (Wildman–Crippen LogP) is 3.38. The molecule has 0 bridgehead atoms. The second-order valence-corrected chi connectivity index (χ2v) is 6.64. The molecule has 1 atom stereocenters. The van der Waals surface area contributed by atoms with Gasteiger partial charge in [0.05, 0.1) is 11.7 Å². The van der Waals surface area contributed by atoms with Crippen molar-refractivity contribution in [1.82, 2.24) is 15.2 Å². The van der Waals surface area contributed by atoms with E-state index in [1.54, 1.807) is 0 Å². The van der Waals surface area contributed by atoms with E-state index in [1.165, 1.54) is 3.57 Å². The van der Waals surface area contributed by atoms with E-state index >= 15 is 0 Å². The Bertz CT molecular complexity index is 568. The van der Waals surface area contributed by atoms with Crippen molar-refractivity contribution in [2.45, 2.75) is 25.9 Å². The summed E-state index contributed by atoms with van der Waals surface area (Å²) in [5, 5.41) is 4.37. The topological polar surface area (TPSA) is 55.9 Å². The van der Waals surface area contributed by atoms with Crippen molar-refractivity contribution in [3.05, 3.63) is 49.8 Å². The van der Waals surface area contributed by atoms with Crippen LogP contribution in [0, 0.1) is 3.57 Å². The van der Waals surface area contributed by atoms with Crippen molar-refractivity contribution in [2.24, 2.45) is 5.84 Å². The van der Waals surface area contributed by atoms with Crippen LogP contribution in [0.5, 0.6) is 0 Å². The highest BCUT2D eigenvalue weighted by atomic mass is 127. The summed E-state index contributed by atoms with van der Waals surface area (Å²) in [5.41, 5.74) is 5.10. The first-order valence-corrected chi connectivity index (χ1v) is 7.86. The molecule has 2 aromatic rings. The second kappa shape index (κ2) is 6.34. The molecule has 0 radical (unpaired) electrons. The second-order valence-electron chi connectivity index (χ2n) is 4.56. The molecule has 3 N–H and O–H groups in total. The van der Waals surface area contributed by atoms with Crippen LogP contribution in [-0.2, 0) is 0 Å². The maximum atomic E-state index is 5.77. The Balaban J connectivity index is 2.50. The minimum atomic E-state index is -0.0747. The maximum Gasteiger partial charge on any atom is 0.0889 e. The monoisotopic (exact) mass is 434 g/mol. The summed E-state index contributed by atoms with van der Waals surface area (Å²) in [6.45, 7) is 4.21. The average molecular weight is 435 g/mol. The molecular weight excluding hydrogens is 419 g/mol. The standard InChI is InChI=1S/C13H16BrIN4/c1-8(2)19-12(5-6-17-19)13(18-16)10-7-9(14)3-4-11(10)15/h3-8,13,18H,16H2,1-2H3. The van der Waals surface area contributed by atoms with E-state index in [2.05, 4.69) is 75.0 Å². The number of hydrogen-bond acceptors (Lipinski definition) is 3. The van der Waals surface area contributed by atoms with E-state index in [9.17, 15) is 0 Å². The fraction of sp³-hybridized carbons (Fsp3) is 0.308. The Labute approximate surface area is 135 Å². The molecule has 19 heavy (non-hydrogen) atoms. The lowest BCUT2D eigenvalue weighted by molar-refractivity contribution is 0.476. The van der Waals surface area contributed by atoms with Crippen LogP contribution >= 0.6 is 38.5 Å². The third-order valence-corrected chi connectivity index (χ3v) is 4.40. The number of nitrogens with one attached hydrogen (secondary N) is 1. The van der Waals surface area contributed by atoms with Gasteiger partial charge in [-0.25, -0.2) is 5.43 Å².